The third kappa shape index (κ3) is 9.52. The van der Waals surface area contributed by atoms with E-state index < -0.39 is 0 Å². The van der Waals surface area contributed by atoms with Crippen LogP contribution in [-0.4, -0.2) is 25.3 Å². The zero-order valence-electron chi connectivity index (χ0n) is 15.2. The van der Waals surface area contributed by atoms with E-state index >= 15 is 0 Å². The molecule has 0 aromatic rings. The molecule has 0 bridgehead atoms. The van der Waals surface area contributed by atoms with Crippen molar-refractivity contribution in [2.24, 2.45) is 11.3 Å². The monoisotopic (exact) mass is 297 g/mol. The Bertz CT molecular complexity index is 253. The van der Waals surface area contributed by atoms with Gasteiger partial charge < -0.3 is 10.1 Å². The third-order valence-corrected chi connectivity index (χ3v) is 4.43. The summed E-state index contributed by atoms with van der Waals surface area (Å²) in [5.74, 6) is 0.807. The molecule has 1 N–H and O–H groups in total. The summed E-state index contributed by atoms with van der Waals surface area (Å²) >= 11 is 0. The van der Waals surface area contributed by atoms with Gasteiger partial charge in [-0.15, -0.1) is 0 Å². The Morgan fingerprint density at radius 3 is 2.62 bits per heavy atom. The molecular weight excluding hydrogens is 258 g/mol. The maximum atomic E-state index is 5.74. The molecule has 21 heavy (non-hydrogen) atoms. The molecule has 2 nitrogen and oxygen atoms in total. The minimum absolute atomic E-state index is 0.451. The normalized spacial score (nSPS) is 22.4. The van der Waals surface area contributed by atoms with Crippen molar-refractivity contribution < 1.29 is 4.74 Å². The van der Waals surface area contributed by atoms with Crippen LogP contribution >= 0.6 is 0 Å². The van der Waals surface area contributed by atoms with E-state index in [1.165, 1.54) is 51.4 Å². The summed E-state index contributed by atoms with van der Waals surface area (Å²) in [5, 5.41) is 3.77. The second-order valence-electron chi connectivity index (χ2n) is 8.32. The van der Waals surface area contributed by atoms with Crippen molar-refractivity contribution in [1.29, 1.82) is 0 Å². The average molecular weight is 298 g/mol. The zero-order chi connectivity index (χ0) is 15.7. The number of nitrogens with one attached hydrogen (secondary N) is 1. The van der Waals surface area contributed by atoms with Gasteiger partial charge in [0, 0.05) is 12.6 Å². The second-order valence-corrected chi connectivity index (χ2v) is 8.32. The first kappa shape index (κ1) is 19.0. The van der Waals surface area contributed by atoms with Crippen LogP contribution in [0, 0.1) is 11.3 Å². The lowest BCUT2D eigenvalue weighted by Crippen LogP contribution is -2.32. The Labute approximate surface area is 133 Å². The fourth-order valence-electron chi connectivity index (χ4n) is 3.73. The zero-order valence-corrected chi connectivity index (χ0v) is 15.2. The van der Waals surface area contributed by atoms with Gasteiger partial charge in [0.1, 0.15) is 0 Å². The van der Waals surface area contributed by atoms with E-state index in [1.807, 2.05) is 0 Å². The molecule has 0 amide bonds. The van der Waals surface area contributed by atoms with E-state index in [2.05, 4.69) is 39.9 Å². The first-order chi connectivity index (χ1) is 9.90. The second kappa shape index (κ2) is 9.84. The molecule has 2 heteroatoms. The van der Waals surface area contributed by atoms with E-state index in [0.29, 0.717) is 17.6 Å². The maximum Gasteiger partial charge on any atom is 0.0576 e. The maximum absolute atomic E-state index is 5.74. The molecule has 0 aromatic heterocycles. The quantitative estimate of drug-likeness (QED) is 0.601. The number of hydrogen-bond donors (Lipinski definition) is 1. The Morgan fingerprint density at radius 2 is 2.05 bits per heavy atom. The first-order valence-electron chi connectivity index (χ1n) is 9.25. The number of rotatable bonds is 10. The molecule has 1 rings (SSSR count). The Hall–Kier alpha value is -0.0800. The van der Waals surface area contributed by atoms with E-state index in [9.17, 15) is 0 Å². The van der Waals surface area contributed by atoms with Gasteiger partial charge in [0.15, 0.2) is 0 Å². The molecule has 3 atom stereocenters. The molecule has 126 valence electrons. The lowest BCUT2D eigenvalue weighted by atomic mass is 9.82. The van der Waals surface area contributed by atoms with Gasteiger partial charge in [0.2, 0.25) is 0 Å². The minimum Gasteiger partial charge on any atom is -0.378 e. The molecule has 1 fully saturated rings. The predicted molar refractivity (Wildman–Crippen MR) is 92.8 cm³/mol. The van der Waals surface area contributed by atoms with Gasteiger partial charge in [-0.1, -0.05) is 34.6 Å². The van der Waals surface area contributed by atoms with Crippen molar-refractivity contribution in [3.8, 4) is 0 Å². The Kier molecular flexibility index (Phi) is 8.89. The van der Waals surface area contributed by atoms with E-state index in [1.54, 1.807) is 0 Å². The summed E-state index contributed by atoms with van der Waals surface area (Å²) in [6.07, 6.45) is 10.9. The molecule has 1 heterocycles. The van der Waals surface area contributed by atoms with Crippen LogP contribution in [0.3, 0.4) is 0 Å². The van der Waals surface area contributed by atoms with E-state index in [4.69, 9.17) is 4.74 Å². The smallest absolute Gasteiger partial charge is 0.0576 e. The summed E-state index contributed by atoms with van der Waals surface area (Å²) in [6, 6.07) is 0.698. The SMILES string of the molecule is CCCNC(CCCC1CCCO1)CC(C)CC(C)(C)C. The number of hydrogen-bond acceptors (Lipinski definition) is 2. The fourth-order valence-corrected chi connectivity index (χ4v) is 3.73. The molecular formula is C19H39NO. The topological polar surface area (TPSA) is 21.3 Å². The molecule has 3 unspecified atom stereocenters. The number of ether oxygens (including phenoxy) is 1. The lowest BCUT2D eigenvalue weighted by molar-refractivity contribution is 0.101. The lowest BCUT2D eigenvalue weighted by Gasteiger charge is -2.27. The molecule has 0 radical (unpaired) electrons. The van der Waals surface area contributed by atoms with Gasteiger partial charge in [0.05, 0.1) is 6.10 Å². The molecule has 0 aliphatic carbocycles. The summed E-state index contributed by atoms with van der Waals surface area (Å²) in [4.78, 5) is 0. The molecule has 1 aliphatic rings. The Balaban J connectivity index is 2.28. The highest BCUT2D eigenvalue weighted by atomic mass is 16.5. The summed E-state index contributed by atoms with van der Waals surface area (Å²) in [7, 11) is 0. The van der Waals surface area contributed by atoms with Gasteiger partial charge in [0.25, 0.3) is 0 Å². The predicted octanol–water partition coefficient (Wildman–Crippen LogP) is 5.17. The van der Waals surface area contributed by atoms with Gasteiger partial charge in [-0.05, 0) is 69.2 Å². The van der Waals surface area contributed by atoms with Crippen LogP contribution in [0.1, 0.15) is 86.0 Å². The summed E-state index contributed by atoms with van der Waals surface area (Å²) < 4.78 is 5.74. The minimum atomic E-state index is 0.451. The Morgan fingerprint density at radius 1 is 1.29 bits per heavy atom. The fraction of sp³-hybridized carbons (Fsp3) is 1.00. The van der Waals surface area contributed by atoms with Crippen molar-refractivity contribution >= 4 is 0 Å². The van der Waals surface area contributed by atoms with Gasteiger partial charge >= 0.3 is 0 Å². The van der Waals surface area contributed by atoms with E-state index in [0.717, 1.165) is 19.1 Å². The van der Waals surface area contributed by atoms with Crippen molar-refractivity contribution in [3.63, 3.8) is 0 Å². The van der Waals surface area contributed by atoms with Crippen LogP contribution in [0.25, 0.3) is 0 Å². The average Bonchev–Trinajstić information content (AvgIpc) is 2.86. The van der Waals surface area contributed by atoms with Crippen LogP contribution in [-0.2, 0) is 4.74 Å². The van der Waals surface area contributed by atoms with Crippen LogP contribution < -0.4 is 5.32 Å². The van der Waals surface area contributed by atoms with Crippen molar-refractivity contribution in [1.82, 2.24) is 5.32 Å². The van der Waals surface area contributed by atoms with Crippen molar-refractivity contribution in [3.05, 3.63) is 0 Å². The highest BCUT2D eigenvalue weighted by Gasteiger charge is 2.20. The van der Waals surface area contributed by atoms with Crippen LogP contribution in [0.2, 0.25) is 0 Å². The van der Waals surface area contributed by atoms with E-state index in [-0.39, 0.29) is 0 Å². The summed E-state index contributed by atoms with van der Waals surface area (Å²) in [6.45, 7) is 13.9. The first-order valence-corrected chi connectivity index (χ1v) is 9.25. The standard InChI is InChI=1S/C19H39NO/c1-6-12-20-17(14-16(2)15-19(3,4)5)9-7-10-18-11-8-13-21-18/h16-18,20H,6-15H2,1-5H3. The molecule has 0 saturated carbocycles. The molecule has 0 aromatic carbocycles. The van der Waals surface area contributed by atoms with Gasteiger partial charge in [-0.2, -0.15) is 0 Å². The van der Waals surface area contributed by atoms with Gasteiger partial charge in [-0.3, -0.25) is 0 Å². The van der Waals surface area contributed by atoms with Crippen molar-refractivity contribution in [2.45, 2.75) is 98.1 Å². The summed E-state index contributed by atoms with van der Waals surface area (Å²) in [5.41, 5.74) is 0.451. The molecule has 1 saturated heterocycles. The van der Waals surface area contributed by atoms with Crippen LogP contribution in [0.15, 0.2) is 0 Å². The van der Waals surface area contributed by atoms with Crippen molar-refractivity contribution in [2.75, 3.05) is 13.2 Å². The molecule has 1 aliphatic heterocycles. The largest absolute Gasteiger partial charge is 0.378 e. The van der Waals surface area contributed by atoms with Crippen LogP contribution in [0.5, 0.6) is 0 Å². The van der Waals surface area contributed by atoms with Crippen LogP contribution in [0.4, 0.5) is 0 Å². The highest BCUT2D eigenvalue weighted by molar-refractivity contribution is 4.75. The molecule has 0 spiro atoms. The highest BCUT2D eigenvalue weighted by Crippen LogP contribution is 2.28. The van der Waals surface area contributed by atoms with Gasteiger partial charge in [-0.25, -0.2) is 0 Å². The third-order valence-electron chi connectivity index (χ3n) is 4.43.